The number of hydrogen-bond acceptors (Lipinski definition) is 2. The highest BCUT2D eigenvalue weighted by Gasteiger charge is 2.05. The van der Waals surface area contributed by atoms with E-state index < -0.39 is 0 Å². The van der Waals surface area contributed by atoms with Crippen molar-refractivity contribution < 1.29 is 4.42 Å². The number of rotatable bonds is 2. The topological polar surface area (TPSA) is 25.2 Å². The fourth-order valence-corrected chi connectivity index (χ4v) is 1.62. The quantitative estimate of drug-likeness (QED) is 0.797. The molecule has 2 rings (SSSR count). The molecule has 0 unspecified atom stereocenters. The van der Waals surface area contributed by atoms with Crippen LogP contribution >= 0.6 is 11.6 Å². The van der Waals surface area contributed by atoms with Gasteiger partial charge in [-0.2, -0.15) is 0 Å². The fourth-order valence-electron chi connectivity index (χ4n) is 1.42. The minimum Gasteiger partial charge on any atom is -0.444 e. The Balaban J connectivity index is 2.60. The molecule has 1 aromatic heterocycles. The van der Waals surface area contributed by atoms with Gasteiger partial charge in [-0.05, 0) is 18.6 Å². The molecule has 0 spiro atoms. The second-order valence-corrected chi connectivity index (χ2v) is 3.29. The summed E-state index contributed by atoms with van der Waals surface area (Å²) in [5, 5.41) is 4.58. The lowest BCUT2D eigenvalue weighted by molar-refractivity contribution is 0.610. The minimum atomic E-state index is 0.443. The molecule has 0 aliphatic heterocycles. The van der Waals surface area contributed by atoms with Crippen LogP contribution in [0.1, 0.15) is 5.56 Å². The Morgan fingerprint density at radius 3 is 3.08 bits per heavy atom. The van der Waals surface area contributed by atoms with E-state index in [0.717, 1.165) is 23.1 Å². The molecule has 0 bridgehead atoms. The monoisotopic (exact) mass is 195 g/mol. The molecule has 0 aliphatic carbocycles. The van der Waals surface area contributed by atoms with Gasteiger partial charge < -0.3 is 9.73 Å². The van der Waals surface area contributed by atoms with E-state index >= 15 is 0 Å². The molecule has 0 aliphatic rings. The van der Waals surface area contributed by atoms with Crippen LogP contribution in [-0.4, -0.2) is 7.05 Å². The largest absolute Gasteiger partial charge is 0.444 e. The zero-order valence-electron chi connectivity index (χ0n) is 7.30. The molecule has 0 saturated heterocycles. The Morgan fingerprint density at radius 2 is 2.31 bits per heavy atom. The van der Waals surface area contributed by atoms with Crippen LogP contribution in [0.5, 0.6) is 0 Å². The Morgan fingerprint density at radius 1 is 1.46 bits per heavy atom. The van der Waals surface area contributed by atoms with Gasteiger partial charge in [0.15, 0.2) is 5.22 Å². The zero-order valence-corrected chi connectivity index (χ0v) is 8.06. The summed E-state index contributed by atoms with van der Waals surface area (Å²) >= 11 is 5.77. The molecule has 0 fully saturated rings. The molecule has 0 radical (unpaired) electrons. The second-order valence-electron chi connectivity index (χ2n) is 2.92. The summed E-state index contributed by atoms with van der Waals surface area (Å²) < 4.78 is 5.38. The van der Waals surface area contributed by atoms with Crippen molar-refractivity contribution in [3.8, 4) is 0 Å². The Labute approximate surface area is 81.5 Å². The first kappa shape index (κ1) is 8.60. The summed E-state index contributed by atoms with van der Waals surface area (Å²) in [5.74, 6) is 0. The molecule has 13 heavy (non-hydrogen) atoms. The summed E-state index contributed by atoms with van der Waals surface area (Å²) in [6.07, 6.45) is 0. The number of hydrogen-bond donors (Lipinski definition) is 1. The first-order valence-corrected chi connectivity index (χ1v) is 4.50. The highest BCUT2D eigenvalue weighted by molar-refractivity contribution is 6.29. The highest BCUT2D eigenvalue weighted by atomic mass is 35.5. The maximum absolute atomic E-state index is 5.77. The van der Waals surface area contributed by atoms with Gasteiger partial charge in [0, 0.05) is 23.6 Å². The van der Waals surface area contributed by atoms with Gasteiger partial charge >= 0.3 is 0 Å². The lowest BCUT2D eigenvalue weighted by Gasteiger charge is -1.99. The summed E-state index contributed by atoms with van der Waals surface area (Å²) in [6, 6.07) is 7.85. The first-order chi connectivity index (χ1) is 6.31. The number of para-hydroxylation sites is 1. The molecule has 0 atom stereocenters. The van der Waals surface area contributed by atoms with Gasteiger partial charge in [-0.25, -0.2) is 0 Å². The van der Waals surface area contributed by atoms with E-state index in [4.69, 9.17) is 16.0 Å². The number of benzene rings is 1. The summed E-state index contributed by atoms with van der Waals surface area (Å²) in [6.45, 7) is 0.793. The molecule has 0 amide bonds. The van der Waals surface area contributed by atoms with E-state index in [2.05, 4.69) is 5.32 Å². The van der Waals surface area contributed by atoms with E-state index in [9.17, 15) is 0 Å². The Bertz CT molecular complexity index is 422. The predicted octanol–water partition coefficient (Wildman–Crippen LogP) is 2.81. The van der Waals surface area contributed by atoms with Crippen molar-refractivity contribution in [3.05, 3.63) is 35.0 Å². The van der Waals surface area contributed by atoms with Crippen molar-refractivity contribution in [2.24, 2.45) is 0 Å². The van der Waals surface area contributed by atoms with Crippen LogP contribution in [0.3, 0.4) is 0 Å². The van der Waals surface area contributed by atoms with E-state index in [1.165, 1.54) is 0 Å². The van der Waals surface area contributed by atoms with Gasteiger partial charge in [-0.3, -0.25) is 0 Å². The van der Waals surface area contributed by atoms with Crippen LogP contribution in [0.15, 0.2) is 28.7 Å². The number of nitrogens with one attached hydrogen (secondary N) is 1. The maximum Gasteiger partial charge on any atom is 0.194 e. The molecule has 2 nitrogen and oxygen atoms in total. The van der Waals surface area contributed by atoms with Crippen LogP contribution in [0.2, 0.25) is 5.22 Å². The van der Waals surface area contributed by atoms with Gasteiger partial charge in [0.05, 0.1) is 0 Å². The first-order valence-electron chi connectivity index (χ1n) is 4.13. The third-order valence-electron chi connectivity index (χ3n) is 1.96. The van der Waals surface area contributed by atoms with Gasteiger partial charge in [-0.15, -0.1) is 0 Å². The zero-order chi connectivity index (χ0) is 9.26. The highest BCUT2D eigenvalue weighted by Crippen LogP contribution is 2.25. The average molecular weight is 196 g/mol. The molecular weight excluding hydrogens is 186 g/mol. The van der Waals surface area contributed by atoms with E-state index in [0.29, 0.717) is 5.22 Å². The molecule has 1 aromatic carbocycles. The van der Waals surface area contributed by atoms with Crippen molar-refractivity contribution in [2.75, 3.05) is 7.05 Å². The van der Waals surface area contributed by atoms with Crippen LogP contribution in [-0.2, 0) is 6.54 Å². The summed E-state index contributed by atoms with van der Waals surface area (Å²) in [5.41, 5.74) is 2.01. The molecule has 1 N–H and O–H groups in total. The average Bonchev–Trinajstić information content (AvgIpc) is 2.47. The van der Waals surface area contributed by atoms with Crippen molar-refractivity contribution in [1.29, 1.82) is 0 Å². The Hall–Kier alpha value is -0.990. The van der Waals surface area contributed by atoms with E-state index in [-0.39, 0.29) is 0 Å². The standard InChI is InChI=1S/C10H10ClNO/c1-12-6-8-4-2-3-7-5-9(11)13-10(7)8/h2-5,12H,6H2,1H3. The molecule has 1 heterocycles. The van der Waals surface area contributed by atoms with Crippen LogP contribution in [0.25, 0.3) is 11.0 Å². The second kappa shape index (κ2) is 3.40. The van der Waals surface area contributed by atoms with Crippen molar-refractivity contribution in [1.82, 2.24) is 5.32 Å². The lowest BCUT2D eigenvalue weighted by atomic mass is 10.1. The molecule has 2 aromatic rings. The normalized spacial score (nSPS) is 10.9. The maximum atomic E-state index is 5.77. The SMILES string of the molecule is CNCc1cccc2cc(Cl)oc12. The van der Waals surface area contributed by atoms with Crippen molar-refractivity contribution in [3.63, 3.8) is 0 Å². The van der Waals surface area contributed by atoms with Crippen LogP contribution in [0, 0.1) is 0 Å². The van der Waals surface area contributed by atoms with Gasteiger partial charge in [0.2, 0.25) is 0 Å². The third kappa shape index (κ3) is 1.55. The summed E-state index contributed by atoms with van der Waals surface area (Å²) in [7, 11) is 1.91. The summed E-state index contributed by atoms with van der Waals surface area (Å²) in [4.78, 5) is 0. The molecule has 68 valence electrons. The molecular formula is C10H10ClNO. The van der Waals surface area contributed by atoms with Crippen LogP contribution in [0.4, 0.5) is 0 Å². The van der Waals surface area contributed by atoms with Gasteiger partial charge in [0.25, 0.3) is 0 Å². The van der Waals surface area contributed by atoms with Crippen molar-refractivity contribution >= 4 is 22.6 Å². The number of halogens is 1. The van der Waals surface area contributed by atoms with E-state index in [1.807, 2.05) is 31.3 Å². The smallest absolute Gasteiger partial charge is 0.194 e. The van der Waals surface area contributed by atoms with Crippen LogP contribution < -0.4 is 5.32 Å². The number of furan rings is 1. The van der Waals surface area contributed by atoms with Crippen molar-refractivity contribution in [2.45, 2.75) is 6.54 Å². The predicted molar refractivity (Wildman–Crippen MR) is 54.0 cm³/mol. The molecule has 3 heteroatoms. The molecule has 0 saturated carbocycles. The van der Waals surface area contributed by atoms with Gasteiger partial charge in [-0.1, -0.05) is 18.2 Å². The minimum absolute atomic E-state index is 0.443. The number of fused-ring (bicyclic) bond motifs is 1. The fraction of sp³-hybridized carbons (Fsp3) is 0.200. The Kier molecular flexibility index (Phi) is 2.25. The van der Waals surface area contributed by atoms with Gasteiger partial charge in [0.1, 0.15) is 5.58 Å². The lowest BCUT2D eigenvalue weighted by Crippen LogP contribution is -2.04. The third-order valence-corrected chi connectivity index (χ3v) is 2.15. The van der Waals surface area contributed by atoms with E-state index in [1.54, 1.807) is 0 Å².